The van der Waals surface area contributed by atoms with Crippen molar-refractivity contribution in [1.29, 1.82) is 5.26 Å². The fourth-order valence-electron chi connectivity index (χ4n) is 2.29. The number of halogens is 1. The van der Waals surface area contributed by atoms with Gasteiger partial charge in [-0.2, -0.15) is 14.9 Å². The number of nitrogen functional groups attached to an aromatic ring is 1. The number of anilines is 1. The van der Waals surface area contributed by atoms with Crippen LogP contribution in [0.5, 0.6) is 0 Å². The lowest BCUT2D eigenvalue weighted by atomic mass is 10.0. The Kier molecular flexibility index (Phi) is 3.24. The van der Waals surface area contributed by atoms with Gasteiger partial charge >= 0.3 is 0 Å². The van der Waals surface area contributed by atoms with Crippen LogP contribution in [0, 0.1) is 11.3 Å². The molecular formula is C15H12ClN5. The Balaban J connectivity index is 2.34. The number of benzene rings is 1. The van der Waals surface area contributed by atoms with E-state index >= 15 is 0 Å². The summed E-state index contributed by atoms with van der Waals surface area (Å²) in [6.45, 7) is 2.02. The highest BCUT2D eigenvalue weighted by Gasteiger charge is 2.17. The number of nitriles is 1. The zero-order valence-corrected chi connectivity index (χ0v) is 12.1. The van der Waals surface area contributed by atoms with Crippen LogP contribution in [0.1, 0.15) is 18.2 Å². The number of rotatable bonds is 2. The molecule has 0 radical (unpaired) electrons. The van der Waals surface area contributed by atoms with E-state index in [0.717, 1.165) is 23.2 Å². The maximum Gasteiger partial charge on any atom is 0.165 e. The molecule has 0 bridgehead atoms. The Morgan fingerprint density at radius 2 is 2.05 bits per heavy atom. The molecule has 104 valence electrons. The van der Waals surface area contributed by atoms with E-state index in [1.807, 2.05) is 37.3 Å². The van der Waals surface area contributed by atoms with E-state index in [4.69, 9.17) is 22.6 Å². The average molecular weight is 298 g/mol. The first kappa shape index (κ1) is 13.4. The van der Waals surface area contributed by atoms with Crippen LogP contribution in [0.4, 0.5) is 5.82 Å². The van der Waals surface area contributed by atoms with Gasteiger partial charge in [-0.25, -0.2) is 4.98 Å². The number of hydrogen-bond acceptors (Lipinski definition) is 4. The normalized spacial score (nSPS) is 10.7. The molecule has 0 spiro atoms. The van der Waals surface area contributed by atoms with Gasteiger partial charge in [-0.3, -0.25) is 0 Å². The minimum Gasteiger partial charge on any atom is -0.382 e. The zero-order chi connectivity index (χ0) is 15.0. The van der Waals surface area contributed by atoms with Gasteiger partial charge < -0.3 is 5.73 Å². The van der Waals surface area contributed by atoms with E-state index in [1.165, 1.54) is 10.7 Å². The van der Waals surface area contributed by atoms with Crippen LogP contribution in [-0.2, 0) is 6.42 Å². The molecule has 0 unspecified atom stereocenters. The highest BCUT2D eigenvalue weighted by atomic mass is 35.5. The third kappa shape index (κ3) is 2.10. The lowest BCUT2D eigenvalue weighted by Gasteiger charge is -2.03. The van der Waals surface area contributed by atoms with Gasteiger partial charge in [0.2, 0.25) is 0 Å². The molecule has 0 aliphatic heterocycles. The van der Waals surface area contributed by atoms with E-state index in [1.54, 1.807) is 0 Å². The molecule has 0 aliphatic rings. The van der Waals surface area contributed by atoms with Crippen molar-refractivity contribution >= 4 is 23.1 Å². The fraction of sp³-hybridized carbons (Fsp3) is 0.133. The number of aromatic nitrogens is 3. The molecule has 5 nitrogen and oxygen atoms in total. The number of nitrogens with two attached hydrogens (primary N) is 1. The number of aryl methyl sites for hydroxylation is 1. The van der Waals surface area contributed by atoms with Gasteiger partial charge in [0.25, 0.3) is 0 Å². The van der Waals surface area contributed by atoms with Crippen LogP contribution in [0.15, 0.2) is 30.5 Å². The zero-order valence-electron chi connectivity index (χ0n) is 11.3. The third-order valence-corrected chi connectivity index (χ3v) is 3.59. The topological polar surface area (TPSA) is 80.0 Å². The molecule has 21 heavy (non-hydrogen) atoms. The third-order valence-electron chi connectivity index (χ3n) is 3.34. The van der Waals surface area contributed by atoms with Gasteiger partial charge in [0.15, 0.2) is 5.65 Å². The SMILES string of the molecule is CCc1nn2c(N)c(C#N)cnc2c1-c1ccc(Cl)cc1. The highest BCUT2D eigenvalue weighted by molar-refractivity contribution is 6.30. The predicted molar refractivity (Wildman–Crippen MR) is 81.9 cm³/mol. The molecule has 2 N–H and O–H groups in total. The second-order valence-corrected chi connectivity index (χ2v) is 5.02. The summed E-state index contributed by atoms with van der Waals surface area (Å²) in [4.78, 5) is 4.35. The second-order valence-electron chi connectivity index (χ2n) is 4.59. The van der Waals surface area contributed by atoms with E-state index in [2.05, 4.69) is 10.1 Å². The summed E-state index contributed by atoms with van der Waals surface area (Å²) in [7, 11) is 0. The summed E-state index contributed by atoms with van der Waals surface area (Å²) in [5, 5.41) is 14.2. The molecule has 3 rings (SSSR count). The van der Waals surface area contributed by atoms with Gasteiger partial charge in [-0.05, 0) is 24.1 Å². The van der Waals surface area contributed by atoms with Crippen molar-refractivity contribution in [2.24, 2.45) is 0 Å². The van der Waals surface area contributed by atoms with Gasteiger partial charge in [0.05, 0.1) is 11.9 Å². The van der Waals surface area contributed by atoms with E-state index in [0.29, 0.717) is 22.1 Å². The first-order chi connectivity index (χ1) is 10.2. The molecule has 2 heterocycles. The Bertz CT molecular complexity index is 858. The second kappa shape index (κ2) is 5.08. The van der Waals surface area contributed by atoms with Crippen LogP contribution in [0.2, 0.25) is 5.02 Å². The average Bonchev–Trinajstić information content (AvgIpc) is 2.88. The van der Waals surface area contributed by atoms with E-state index < -0.39 is 0 Å². The maximum atomic E-state index is 9.03. The van der Waals surface area contributed by atoms with Gasteiger partial charge in [-0.15, -0.1) is 0 Å². The molecule has 1 aromatic carbocycles. The van der Waals surface area contributed by atoms with Crippen molar-refractivity contribution in [3.05, 3.63) is 46.7 Å². The van der Waals surface area contributed by atoms with Crippen molar-refractivity contribution in [3.63, 3.8) is 0 Å². The van der Waals surface area contributed by atoms with Crippen LogP contribution in [0.25, 0.3) is 16.8 Å². The predicted octanol–water partition coefficient (Wildman–Crippen LogP) is 3.07. The smallest absolute Gasteiger partial charge is 0.165 e. The lowest BCUT2D eigenvalue weighted by Crippen LogP contribution is -2.03. The molecule has 0 amide bonds. The van der Waals surface area contributed by atoms with Crippen molar-refractivity contribution < 1.29 is 0 Å². The van der Waals surface area contributed by atoms with Crippen LogP contribution in [0.3, 0.4) is 0 Å². The molecule has 3 aromatic rings. The quantitative estimate of drug-likeness (QED) is 0.788. The molecule has 2 aromatic heterocycles. The monoisotopic (exact) mass is 297 g/mol. The standard InChI is InChI=1S/C15H12ClN5/c1-2-12-13(9-3-5-11(16)6-4-9)15-19-8-10(7-17)14(18)21(15)20-12/h3-6,8H,2,18H2,1H3. The Morgan fingerprint density at radius 3 is 2.67 bits per heavy atom. The molecule has 0 saturated carbocycles. The lowest BCUT2D eigenvalue weighted by molar-refractivity contribution is 0.894. The molecule has 0 atom stereocenters. The van der Waals surface area contributed by atoms with Crippen molar-refractivity contribution in [1.82, 2.24) is 14.6 Å². The molecule has 6 heteroatoms. The minimum absolute atomic E-state index is 0.303. The van der Waals surface area contributed by atoms with Crippen LogP contribution < -0.4 is 5.73 Å². The van der Waals surface area contributed by atoms with Crippen molar-refractivity contribution in [3.8, 4) is 17.2 Å². The molecule has 0 saturated heterocycles. The first-order valence-electron chi connectivity index (χ1n) is 6.47. The Labute approximate surface area is 126 Å². The van der Waals surface area contributed by atoms with Gasteiger partial charge in [0.1, 0.15) is 17.5 Å². The Hall–Kier alpha value is -2.58. The number of fused-ring (bicyclic) bond motifs is 1. The molecule has 0 aliphatic carbocycles. The van der Waals surface area contributed by atoms with Gasteiger partial charge in [0, 0.05) is 10.6 Å². The first-order valence-corrected chi connectivity index (χ1v) is 6.85. The summed E-state index contributed by atoms with van der Waals surface area (Å²) < 4.78 is 1.53. The van der Waals surface area contributed by atoms with E-state index in [9.17, 15) is 0 Å². The van der Waals surface area contributed by atoms with Crippen molar-refractivity contribution in [2.75, 3.05) is 5.73 Å². The van der Waals surface area contributed by atoms with E-state index in [-0.39, 0.29) is 0 Å². The van der Waals surface area contributed by atoms with Crippen LogP contribution in [-0.4, -0.2) is 14.6 Å². The fourth-order valence-corrected chi connectivity index (χ4v) is 2.42. The summed E-state index contributed by atoms with van der Waals surface area (Å²) in [6.07, 6.45) is 2.22. The van der Waals surface area contributed by atoms with Crippen molar-refractivity contribution in [2.45, 2.75) is 13.3 Å². The van der Waals surface area contributed by atoms with Gasteiger partial charge in [-0.1, -0.05) is 30.7 Å². The molecule has 0 fully saturated rings. The van der Waals surface area contributed by atoms with Crippen LogP contribution >= 0.6 is 11.6 Å². The number of hydrogen-bond donors (Lipinski definition) is 1. The minimum atomic E-state index is 0.303. The summed E-state index contributed by atoms with van der Waals surface area (Å²) >= 11 is 5.94. The summed E-state index contributed by atoms with van der Waals surface area (Å²) in [5.74, 6) is 0.303. The maximum absolute atomic E-state index is 9.03. The highest BCUT2D eigenvalue weighted by Crippen LogP contribution is 2.30. The summed E-state index contributed by atoms with van der Waals surface area (Å²) in [6, 6.07) is 9.52. The Morgan fingerprint density at radius 1 is 1.33 bits per heavy atom. The number of nitrogens with zero attached hydrogens (tertiary/aromatic N) is 4. The summed E-state index contributed by atoms with van der Waals surface area (Å²) in [5.41, 5.74) is 9.72. The molecular weight excluding hydrogens is 286 g/mol. The largest absolute Gasteiger partial charge is 0.382 e.